The van der Waals surface area contributed by atoms with Gasteiger partial charge >= 0.3 is 0 Å². The molecule has 0 radical (unpaired) electrons. The third kappa shape index (κ3) is 2.37. The van der Waals surface area contributed by atoms with Gasteiger partial charge in [0.05, 0.1) is 5.92 Å². The molecule has 1 aromatic carbocycles. The minimum atomic E-state index is -1.90. The third-order valence-electron chi connectivity index (χ3n) is 2.99. The van der Waals surface area contributed by atoms with E-state index in [1.165, 1.54) is 25.3 Å². The Labute approximate surface area is 110 Å². The molecule has 2 atom stereocenters. The maximum atomic E-state index is 14.6. The lowest BCUT2D eigenvalue weighted by atomic mass is 9.86. The van der Waals surface area contributed by atoms with E-state index in [0.29, 0.717) is 10.6 Å². The van der Waals surface area contributed by atoms with Crippen molar-refractivity contribution in [3.63, 3.8) is 0 Å². The standard InChI is InChI=1S/C14H13ClFNO/c1-17-14(16)8-7-11(15)9-12(14)13(18)10-5-3-2-4-6-10/h2-9,12,17H,1H3. The first-order valence-corrected chi connectivity index (χ1v) is 5.98. The quantitative estimate of drug-likeness (QED) is 0.672. The monoisotopic (exact) mass is 265 g/mol. The Hall–Kier alpha value is -1.45. The lowest BCUT2D eigenvalue weighted by Gasteiger charge is -2.30. The van der Waals surface area contributed by atoms with Crippen LogP contribution in [0.1, 0.15) is 10.4 Å². The molecule has 1 aliphatic carbocycles. The molecule has 0 saturated heterocycles. The summed E-state index contributed by atoms with van der Waals surface area (Å²) in [4.78, 5) is 12.3. The molecule has 1 aromatic rings. The molecule has 0 spiro atoms. The van der Waals surface area contributed by atoms with E-state index in [0.717, 1.165) is 0 Å². The third-order valence-corrected chi connectivity index (χ3v) is 3.24. The van der Waals surface area contributed by atoms with E-state index in [1.807, 2.05) is 0 Å². The molecule has 0 amide bonds. The SMILES string of the molecule is CNC1(F)C=CC(Cl)=CC1C(=O)c1ccccc1. The Morgan fingerprint density at radius 3 is 2.67 bits per heavy atom. The van der Waals surface area contributed by atoms with Crippen molar-refractivity contribution < 1.29 is 9.18 Å². The minimum absolute atomic E-state index is 0.296. The van der Waals surface area contributed by atoms with Gasteiger partial charge in [0.25, 0.3) is 0 Å². The van der Waals surface area contributed by atoms with Gasteiger partial charge in [-0.3, -0.25) is 10.1 Å². The topological polar surface area (TPSA) is 29.1 Å². The van der Waals surface area contributed by atoms with Crippen LogP contribution in [0.15, 0.2) is 53.6 Å². The molecule has 0 bridgehead atoms. The van der Waals surface area contributed by atoms with Crippen LogP contribution in [0.25, 0.3) is 0 Å². The van der Waals surface area contributed by atoms with Crippen molar-refractivity contribution in [1.82, 2.24) is 5.32 Å². The molecule has 0 fully saturated rings. The van der Waals surface area contributed by atoms with Crippen molar-refractivity contribution in [2.24, 2.45) is 5.92 Å². The van der Waals surface area contributed by atoms with E-state index in [9.17, 15) is 9.18 Å². The molecule has 18 heavy (non-hydrogen) atoms. The second-order valence-corrected chi connectivity index (χ2v) is 4.55. The average Bonchev–Trinajstić information content (AvgIpc) is 2.42. The number of alkyl halides is 1. The van der Waals surface area contributed by atoms with Crippen molar-refractivity contribution in [2.45, 2.75) is 5.79 Å². The first-order chi connectivity index (χ1) is 8.57. The van der Waals surface area contributed by atoms with Crippen LogP contribution < -0.4 is 5.32 Å². The average molecular weight is 266 g/mol. The molecule has 0 heterocycles. The predicted molar refractivity (Wildman–Crippen MR) is 70.2 cm³/mol. The zero-order valence-corrected chi connectivity index (χ0v) is 10.6. The van der Waals surface area contributed by atoms with Gasteiger partial charge in [-0.15, -0.1) is 0 Å². The summed E-state index contributed by atoms with van der Waals surface area (Å²) >= 11 is 5.85. The first kappa shape index (κ1) is 13.0. The lowest BCUT2D eigenvalue weighted by molar-refractivity contribution is 0.0737. The zero-order chi connectivity index (χ0) is 13.2. The highest BCUT2D eigenvalue weighted by Gasteiger charge is 2.41. The number of ketones is 1. The molecule has 0 aliphatic heterocycles. The minimum Gasteiger partial charge on any atom is -0.293 e. The largest absolute Gasteiger partial charge is 0.293 e. The van der Waals surface area contributed by atoms with Gasteiger partial charge in [-0.1, -0.05) is 48.0 Å². The summed E-state index contributed by atoms with van der Waals surface area (Å²) in [6.45, 7) is 0. The van der Waals surface area contributed by atoms with E-state index < -0.39 is 11.7 Å². The second-order valence-electron chi connectivity index (χ2n) is 4.11. The van der Waals surface area contributed by atoms with Gasteiger partial charge in [-0.05, 0) is 19.2 Å². The summed E-state index contributed by atoms with van der Waals surface area (Å²) in [7, 11) is 1.47. The van der Waals surface area contributed by atoms with E-state index in [1.54, 1.807) is 30.3 Å². The number of nitrogens with one attached hydrogen (secondary N) is 1. The molecular formula is C14H13ClFNO. The number of carbonyl (C=O) groups excluding carboxylic acids is 1. The number of Topliss-reactive ketones (excluding diaryl/α,β-unsaturated/α-hetero) is 1. The fourth-order valence-corrected chi connectivity index (χ4v) is 2.12. The number of halogens is 2. The normalized spacial score (nSPS) is 26.8. The molecule has 1 N–H and O–H groups in total. The summed E-state index contributed by atoms with van der Waals surface area (Å²) in [5.74, 6) is -3.15. The fourth-order valence-electron chi connectivity index (χ4n) is 1.93. The molecule has 1 aliphatic rings. The number of hydrogen-bond acceptors (Lipinski definition) is 2. The van der Waals surface area contributed by atoms with Crippen LogP contribution >= 0.6 is 11.6 Å². The Morgan fingerprint density at radius 1 is 1.39 bits per heavy atom. The Morgan fingerprint density at radius 2 is 2.06 bits per heavy atom. The molecule has 2 nitrogen and oxygen atoms in total. The van der Waals surface area contributed by atoms with E-state index in [2.05, 4.69) is 5.32 Å². The summed E-state index contributed by atoms with van der Waals surface area (Å²) in [5.41, 5.74) is 0.468. The maximum absolute atomic E-state index is 14.6. The number of hydrogen-bond donors (Lipinski definition) is 1. The number of carbonyl (C=O) groups is 1. The number of benzene rings is 1. The van der Waals surface area contributed by atoms with Crippen LogP contribution in [-0.4, -0.2) is 18.6 Å². The van der Waals surface area contributed by atoms with Gasteiger partial charge < -0.3 is 0 Å². The summed E-state index contributed by atoms with van der Waals surface area (Å²) in [6, 6.07) is 8.63. The number of allylic oxidation sites excluding steroid dienone is 2. The highest BCUT2D eigenvalue weighted by Crippen LogP contribution is 2.32. The Bertz CT molecular complexity index is 512. The van der Waals surface area contributed by atoms with Gasteiger partial charge in [-0.2, -0.15) is 0 Å². The van der Waals surface area contributed by atoms with Crippen LogP contribution in [0, 0.1) is 5.92 Å². The van der Waals surface area contributed by atoms with Crippen molar-refractivity contribution in [3.8, 4) is 0 Å². The molecule has 4 heteroatoms. The van der Waals surface area contributed by atoms with Crippen molar-refractivity contribution in [3.05, 3.63) is 59.2 Å². The summed E-state index contributed by atoms with van der Waals surface area (Å²) in [6.07, 6.45) is 4.17. The highest BCUT2D eigenvalue weighted by molar-refractivity contribution is 6.31. The van der Waals surface area contributed by atoms with E-state index in [-0.39, 0.29) is 5.78 Å². The lowest BCUT2D eigenvalue weighted by Crippen LogP contribution is -2.47. The maximum Gasteiger partial charge on any atom is 0.194 e. The van der Waals surface area contributed by atoms with Crippen molar-refractivity contribution in [2.75, 3.05) is 7.05 Å². The predicted octanol–water partition coefficient (Wildman–Crippen LogP) is 3.06. The van der Waals surface area contributed by atoms with Gasteiger partial charge in [0.1, 0.15) is 0 Å². The summed E-state index contributed by atoms with van der Waals surface area (Å²) < 4.78 is 14.6. The van der Waals surface area contributed by atoms with Crippen LogP contribution in [0.2, 0.25) is 0 Å². The second kappa shape index (κ2) is 5.04. The van der Waals surface area contributed by atoms with Gasteiger partial charge in [0, 0.05) is 10.6 Å². The number of likely N-dealkylation sites (N-methyl/N-ethyl adjacent to an activating group) is 1. The zero-order valence-electron chi connectivity index (χ0n) is 9.86. The van der Waals surface area contributed by atoms with E-state index >= 15 is 0 Å². The molecule has 0 saturated carbocycles. The van der Waals surface area contributed by atoms with Gasteiger partial charge in [-0.25, -0.2) is 4.39 Å². The van der Waals surface area contributed by atoms with Crippen molar-refractivity contribution >= 4 is 17.4 Å². The van der Waals surface area contributed by atoms with Crippen molar-refractivity contribution in [1.29, 1.82) is 0 Å². The molecule has 94 valence electrons. The molecular weight excluding hydrogens is 253 g/mol. The fraction of sp³-hybridized carbons (Fsp3) is 0.214. The summed E-state index contributed by atoms with van der Waals surface area (Å²) in [5, 5.41) is 2.89. The molecule has 2 rings (SSSR count). The van der Waals surface area contributed by atoms with E-state index in [4.69, 9.17) is 11.6 Å². The number of rotatable bonds is 3. The van der Waals surface area contributed by atoms with Crippen LogP contribution in [0.5, 0.6) is 0 Å². The molecule has 0 aromatic heterocycles. The van der Waals surface area contributed by atoms with Crippen LogP contribution in [-0.2, 0) is 0 Å². The van der Waals surface area contributed by atoms with Crippen LogP contribution in [0.4, 0.5) is 4.39 Å². The Balaban J connectivity index is 2.37. The highest BCUT2D eigenvalue weighted by atomic mass is 35.5. The van der Waals surface area contributed by atoms with Gasteiger partial charge in [0.15, 0.2) is 11.6 Å². The Kier molecular flexibility index (Phi) is 3.64. The van der Waals surface area contributed by atoms with Crippen LogP contribution in [0.3, 0.4) is 0 Å². The first-order valence-electron chi connectivity index (χ1n) is 5.60. The smallest absolute Gasteiger partial charge is 0.194 e. The molecule has 2 unspecified atom stereocenters. The van der Waals surface area contributed by atoms with Gasteiger partial charge in [0.2, 0.25) is 0 Å².